The molecule has 0 aliphatic rings. The van der Waals surface area contributed by atoms with E-state index < -0.39 is 10.0 Å². The number of aromatic nitrogens is 1. The topological polar surface area (TPSA) is 92.1 Å². The second-order valence-electron chi connectivity index (χ2n) is 5.00. The Balaban J connectivity index is 1.98. The number of pyridine rings is 1. The van der Waals surface area contributed by atoms with Crippen molar-refractivity contribution in [1.82, 2.24) is 4.98 Å². The van der Waals surface area contributed by atoms with Gasteiger partial charge >= 0.3 is 0 Å². The van der Waals surface area contributed by atoms with Gasteiger partial charge in [-0.25, -0.2) is 13.4 Å². The summed E-state index contributed by atoms with van der Waals surface area (Å²) in [5, 5.41) is 10.5. The highest BCUT2D eigenvalue weighted by molar-refractivity contribution is 7.92. The predicted octanol–water partition coefficient (Wildman–Crippen LogP) is 2.92. The van der Waals surface area contributed by atoms with Crippen LogP contribution < -0.4 is 9.46 Å². The molecule has 0 saturated carbocycles. The lowest BCUT2D eigenvalue weighted by Gasteiger charge is -2.10. The average Bonchev–Trinajstić information content (AvgIpc) is 2.60. The summed E-state index contributed by atoms with van der Waals surface area (Å²) in [6, 6.07) is 14.6. The van der Waals surface area contributed by atoms with Crippen LogP contribution in [0.15, 0.2) is 59.6 Å². The molecule has 0 atom stereocenters. The first-order valence-corrected chi connectivity index (χ1v) is 8.47. The van der Waals surface area contributed by atoms with E-state index in [9.17, 15) is 8.42 Å². The molecule has 0 aliphatic heterocycles. The first kappa shape index (κ1) is 15.8. The van der Waals surface area contributed by atoms with Gasteiger partial charge in [-0.1, -0.05) is 6.07 Å². The maximum Gasteiger partial charge on any atom is 0.261 e. The fourth-order valence-corrected chi connectivity index (χ4v) is 3.42. The van der Waals surface area contributed by atoms with Crippen molar-refractivity contribution < 1.29 is 13.2 Å². The predicted molar refractivity (Wildman–Crippen MR) is 90.3 cm³/mol. The lowest BCUT2D eigenvalue weighted by molar-refractivity contribution is 0.403. The summed E-state index contributed by atoms with van der Waals surface area (Å²) in [5.74, 6) is 0.476. The van der Waals surface area contributed by atoms with Gasteiger partial charge in [0.1, 0.15) is 0 Å². The Morgan fingerprint density at radius 2 is 2.00 bits per heavy atom. The van der Waals surface area contributed by atoms with Crippen molar-refractivity contribution in [2.45, 2.75) is 4.90 Å². The number of nitrogens with one attached hydrogen (secondary N) is 1. The summed E-state index contributed by atoms with van der Waals surface area (Å²) in [5.41, 5.74) is 0.699. The number of nitrogens with zero attached hydrogens (tertiary/aromatic N) is 2. The molecule has 2 aromatic carbocycles. The number of ether oxygens (including phenoxy) is 1. The van der Waals surface area contributed by atoms with Crippen molar-refractivity contribution >= 4 is 26.5 Å². The summed E-state index contributed by atoms with van der Waals surface area (Å²) in [4.78, 5) is 4.14. The number of nitriles is 1. The van der Waals surface area contributed by atoms with Crippen molar-refractivity contribution in [3.8, 4) is 11.9 Å². The number of anilines is 1. The second kappa shape index (κ2) is 6.18. The third-order valence-electron chi connectivity index (χ3n) is 3.45. The highest BCUT2D eigenvalue weighted by atomic mass is 32.2. The van der Waals surface area contributed by atoms with Crippen molar-refractivity contribution in [3.63, 3.8) is 0 Å². The highest BCUT2D eigenvalue weighted by Crippen LogP contribution is 2.26. The first-order valence-electron chi connectivity index (χ1n) is 6.99. The zero-order chi connectivity index (χ0) is 17.2. The van der Waals surface area contributed by atoms with Crippen LogP contribution in [0.3, 0.4) is 0 Å². The molecule has 0 saturated heterocycles. The molecular formula is C17H13N3O3S. The largest absolute Gasteiger partial charge is 0.481 e. The Morgan fingerprint density at radius 1 is 1.17 bits per heavy atom. The molecule has 6 nitrogen and oxygen atoms in total. The molecule has 0 spiro atoms. The third kappa shape index (κ3) is 3.00. The molecule has 3 rings (SSSR count). The summed E-state index contributed by atoms with van der Waals surface area (Å²) < 4.78 is 32.6. The van der Waals surface area contributed by atoms with Gasteiger partial charge in [0.15, 0.2) is 0 Å². The minimum Gasteiger partial charge on any atom is -0.481 e. The maximum atomic E-state index is 12.5. The lowest BCUT2D eigenvalue weighted by Crippen LogP contribution is -2.13. The molecule has 0 unspecified atom stereocenters. The van der Waals surface area contributed by atoms with Crippen LogP contribution in [0.1, 0.15) is 5.56 Å². The smallest absolute Gasteiger partial charge is 0.261 e. The number of rotatable bonds is 4. The van der Waals surface area contributed by atoms with Crippen LogP contribution in [0.2, 0.25) is 0 Å². The maximum absolute atomic E-state index is 12.5. The van der Waals surface area contributed by atoms with Crippen LogP contribution in [0.5, 0.6) is 5.88 Å². The van der Waals surface area contributed by atoms with Gasteiger partial charge in [0.25, 0.3) is 10.0 Å². The van der Waals surface area contributed by atoms with E-state index in [0.717, 1.165) is 10.8 Å². The molecule has 0 fully saturated rings. The van der Waals surface area contributed by atoms with E-state index in [2.05, 4.69) is 9.71 Å². The molecule has 1 aromatic heterocycles. The normalized spacial score (nSPS) is 11.0. The van der Waals surface area contributed by atoms with E-state index >= 15 is 0 Å². The zero-order valence-corrected chi connectivity index (χ0v) is 13.5. The van der Waals surface area contributed by atoms with Gasteiger partial charge in [-0.05, 0) is 47.9 Å². The summed E-state index contributed by atoms with van der Waals surface area (Å²) in [6.07, 6.45) is 1.59. The standard InChI is InChI=1S/C17H13N3O3S/c1-23-17-16-6-5-14(10-13(16)7-8-19-17)20-24(21,22)15-4-2-3-12(9-15)11-18/h2-10,20H,1H3. The van der Waals surface area contributed by atoms with E-state index in [-0.39, 0.29) is 10.5 Å². The van der Waals surface area contributed by atoms with Crippen molar-refractivity contribution in [2.24, 2.45) is 0 Å². The van der Waals surface area contributed by atoms with Crippen molar-refractivity contribution in [1.29, 1.82) is 5.26 Å². The van der Waals surface area contributed by atoms with Crippen LogP contribution in [-0.2, 0) is 10.0 Å². The number of fused-ring (bicyclic) bond motifs is 1. The Bertz CT molecular complexity index is 1060. The van der Waals surface area contributed by atoms with Gasteiger partial charge in [0, 0.05) is 17.3 Å². The quantitative estimate of drug-likeness (QED) is 0.789. The Morgan fingerprint density at radius 3 is 2.75 bits per heavy atom. The molecule has 0 aliphatic carbocycles. The number of benzene rings is 2. The monoisotopic (exact) mass is 339 g/mol. The molecular weight excluding hydrogens is 326 g/mol. The number of hydrogen-bond acceptors (Lipinski definition) is 5. The van der Waals surface area contributed by atoms with Gasteiger partial charge in [-0.3, -0.25) is 4.72 Å². The molecule has 1 N–H and O–H groups in total. The van der Waals surface area contributed by atoms with E-state index in [4.69, 9.17) is 10.00 Å². The minimum absolute atomic E-state index is 0.0361. The van der Waals surface area contributed by atoms with Crippen LogP contribution in [-0.4, -0.2) is 20.5 Å². The molecule has 3 aromatic rings. The van der Waals surface area contributed by atoms with Crippen LogP contribution in [0, 0.1) is 11.3 Å². The van der Waals surface area contributed by atoms with Crippen LogP contribution in [0.25, 0.3) is 10.8 Å². The average molecular weight is 339 g/mol. The fourth-order valence-electron chi connectivity index (χ4n) is 2.32. The molecule has 0 amide bonds. The van der Waals surface area contributed by atoms with Gasteiger partial charge < -0.3 is 4.74 Å². The lowest BCUT2D eigenvalue weighted by atomic mass is 10.1. The van der Waals surface area contributed by atoms with Gasteiger partial charge in [0.2, 0.25) is 5.88 Å². The minimum atomic E-state index is -3.78. The van der Waals surface area contributed by atoms with E-state index in [1.54, 1.807) is 36.5 Å². The van der Waals surface area contributed by atoms with Gasteiger partial charge in [-0.15, -0.1) is 0 Å². The van der Waals surface area contributed by atoms with E-state index in [1.807, 2.05) is 6.07 Å². The van der Waals surface area contributed by atoms with Gasteiger partial charge in [-0.2, -0.15) is 5.26 Å². The summed E-state index contributed by atoms with van der Waals surface area (Å²) in [6.45, 7) is 0. The molecule has 0 radical (unpaired) electrons. The Hall–Kier alpha value is -3.11. The van der Waals surface area contributed by atoms with Crippen molar-refractivity contribution in [2.75, 3.05) is 11.8 Å². The van der Waals surface area contributed by atoms with Gasteiger partial charge in [0.05, 0.1) is 23.6 Å². The van der Waals surface area contributed by atoms with Crippen LogP contribution in [0.4, 0.5) is 5.69 Å². The summed E-state index contributed by atoms with van der Waals surface area (Å²) in [7, 11) is -2.25. The molecule has 0 bridgehead atoms. The SMILES string of the molecule is COc1nccc2cc(NS(=O)(=O)c3cccc(C#N)c3)ccc12. The Kier molecular flexibility index (Phi) is 4.06. The molecule has 24 heavy (non-hydrogen) atoms. The number of sulfonamides is 1. The zero-order valence-electron chi connectivity index (χ0n) is 12.7. The van der Waals surface area contributed by atoms with E-state index in [1.165, 1.54) is 25.3 Å². The van der Waals surface area contributed by atoms with E-state index in [0.29, 0.717) is 11.6 Å². The van der Waals surface area contributed by atoms with Crippen molar-refractivity contribution in [3.05, 3.63) is 60.3 Å². The van der Waals surface area contributed by atoms with Crippen LogP contribution >= 0.6 is 0 Å². The third-order valence-corrected chi connectivity index (χ3v) is 4.83. The number of methoxy groups -OCH3 is 1. The molecule has 120 valence electrons. The second-order valence-corrected chi connectivity index (χ2v) is 6.68. The first-order chi connectivity index (χ1) is 11.5. The fraction of sp³-hybridized carbons (Fsp3) is 0.0588. The summed E-state index contributed by atoms with van der Waals surface area (Å²) >= 11 is 0. The number of hydrogen-bond donors (Lipinski definition) is 1. The Labute approximate surface area is 139 Å². The molecule has 7 heteroatoms. The highest BCUT2D eigenvalue weighted by Gasteiger charge is 2.15. The molecule has 1 heterocycles.